The van der Waals surface area contributed by atoms with Gasteiger partial charge in [0.15, 0.2) is 0 Å². The van der Waals surface area contributed by atoms with Crippen LogP contribution in [0.5, 0.6) is 0 Å². The summed E-state index contributed by atoms with van der Waals surface area (Å²) in [5, 5.41) is 0. The third kappa shape index (κ3) is 2.55. The highest BCUT2D eigenvalue weighted by Crippen LogP contribution is 2.19. The van der Waals surface area contributed by atoms with E-state index in [9.17, 15) is 4.39 Å². The molecule has 13 heavy (non-hydrogen) atoms. The number of allylic oxidation sites excluding steroid dienone is 2. The Balaban J connectivity index is 2.92. The summed E-state index contributed by atoms with van der Waals surface area (Å²) in [7, 11) is 0. The summed E-state index contributed by atoms with van der Waals surface area (Å²) in [6.07, 6.45) is 2.91. The van der Waals surface area contributed by atoms with Crippen molar-refractivity contribution in [2.75, 3.05) is 0 Å². The molecule has 0 saturated heterocycles. The van der Waals surface area contributed by atoms with Crippen molar-refractivity contribution in [2.45, 2.75) is 13.3 Å². The van der Waals surface area contributed by atoms with Gasteiger partial charge in [-0.15, -0.1) is 6.58 Å². The first-order chi connectivity index (χ1) is 6.27. The quantitative estimate of drug-likeness (QED) is 0.613. The monoisotopic (exact) mass is 176 g/mol. The first kappa shape index (κ1) is 9.72. The molecule has 0 nitrogen and oxygen atoms in total. The van der Waals surface area contributed by atoms with Crippen molar-refractivity contribution in [1.82, 2.24) is 0 Å². The van der Waals surface area contributed by atoms with E-state index in [0.717, 1.165) is 5.56 Å². The Kier molecular flexibility index (Phi) is 3.44. The molecular weight excluding hydrogens is 163 g/mol. The number of benzene rings is 1. The van der Waals surface area contributed by atoms with Crippen LogP contribution in [0.3, 0.4) is 0 Å². The van der Waals surface area contributed by atoms with Crippen molar-refractivity contribution in [3.63, 3.8) is 0 Å². The van der Waals surface area contributed by atoms with Crippen LogP contribution in [0.15, 0.2) is 43.3 Å². The first-order valence-electron chi connectivity index (χ1n) is 4.25. The van der Waals surface area contributed by atoms with Gasteiger partial charge in [0.05, 0.1) is 6.33 Å². The molecule has 0 unspecified atom stereocenters. The Morgan fingerprint density at radius 1 is 1.38 bits per heavy atom. The molecular formula is C12H13F. The minimum Gasteiger partial charge on any atom is -0.215 e. The smallest absolute Gasteiger partial charge is 0.0908 e. The van der Waals surface area contributed by atoms with Crippen LogP contribution in [0, 0.1) is 6.92 Å². The first-order valence-corrected chi connectivity index (χ1v) is 4.25. The molecule has 0 spiro atoms. The molecule has 0 saturated carbocycles. The molecule has 0 aliphatic rings. The van der Waals surface area contributed by atoms with E-state index in [1.807, 2.05) is 31.2 Å². The van der Waals surface area contributed by atoms with Gasteiger partial charge in [-0.3, -0.25) is 0 Å². The second-order valence-corrected chi connectivity index (χ2v) is 2.99. The number of aryl methyl sites for hydroxylation is 1. The van der Waals surface area contributed by atoms with Gasteiger partial charge in [0.2, 0.25) is 0 Å². The van der Waals surface area contributed by atoms with E-state index in [1.54, 1.807) is 6.08 Å². The lowest BCUT2D eigenvalue weighted by atomic mass is 10.0. The maximum absolute atomic E-state index is 12.4. The lowest BCUT2D eigenvalue weighted by Crippen LogP contribution is -1.82. The minimum atomic E-state index is 0.569. The molecule has 0 atom stereocenters. The summed E-state index contributed by atoms with van der Waals surface area (Å²) in [4.78, 5) is 0. The van der Waals surface area contributed by atoms with Crippen LogP contribution in [0.2, 0.25) is 0 Å². The molecule has 0 aromatic heterocycles. The Morgan fingerprint density at radius 3 is 2.46 bits per heavy atom. The number of halogens is 1. The van der Waals surface area contributed by atoms with Crippen molar-refractivity contribution < 1.29 is 4.39 Å². The lowest BCUT2D eigenvalue weighted by Gasteiger charge is -2.02. The minimum absolute atomic E-state index is 0.569. The Labute approximate surface area is 78.4 Å². The standard InChI is InChI=1S/C12H13F/c1-3-4-12(9-13)11-7-5-10(2)6-8-11/h3,5-9H,1,4H2,2H3/b12-9-. The lowest BCUT2D eigenvalue weighted by molar-refractivity contribution is 0.721. The van der Waals surface area contributed by atoms with Crippen molar-refractivity contribution in [1.29, 1.82) is 0 Å². The maximum atomic E-state index is 12.4. The van der Waals surface area contributed by atoms with Crippen molar-refractivity contribution in [3.05, 3.63) is 54.4 Å². The zero-order valence-corrected chi connectivity index (χ0v) is 7.76. The average molecular weight is 176 g/mol. The van der Waals surface area contributed by atoms with Gasteiger partial charge in [-0.05, 0) is 24.5 Å². The predicted molar refractivity (Wildman–Crippen MR) is 55.1 cm³/mol. The van der Waals surface area contributed by atoms with E-state index in [0.29, 0.717) is 18.3 Å². The van der Waals surface area contributed by atoms with Gasteiger partial charge in [-0.2, -0.15) is 0 Å². The SMILES string of the molecule is C=CC/C(=C/F)c1ccc(C)cc1. The van der Waals surface area contributed by atoms with Crippen LogP contribution < -0.4 is 0 Å². The summed E-state index contributed by atoms with van der Waals surface area (Å²) in [6, 6.07) is 7.79. The Morgan fingerprint density at radius 2 is 2.00 bits per heavy atom. The molecule has 0 fully saturated rings. The van der Waals surface area contributed by atoms with E-state index >= 15 is 0 Å². The highest BCUT2D eigenvalue weighted by atomic mass is 19.1. The van der Waals surface area contributed by atoms with Gasteiger partial charge in [0.25, 0.3) is 0 Å². The summed E-state index contributed by atoms with van der Waals surface area (Å²) >= 11 is 0. The van der Waals surface area contributed by atoms with Crippen LogP contribution in [-0.4, -0.2) is 0 Å². The van der Waals surface area contributed by atoms with Gasteiger partial charge in [0, 0.05) is 0 Å². The fraction of sp³-hybridized carbons (Fsp3) is 0.167. The van der Waals surface area contributed by atoms with Gasteiger partial charge >= 0.3 is 0 Å². The predicted octanol–water partition coefficient (Wildman–Crippen LogP) is 3.88. The topological polar surface area (TPSA) is 0 Å². The Hall–Kier alpha value is -1.37. The van der Waals surface area contributed by atoms with Gasteiger partial charge in [-0.1, -0.05) is 35.9 Å². The molecule has 0 aliphatic heterocycles. The highest BCUT2D eigenvalue weighted by molar-refractivity contribution is 5.65. The molecule has 1 heteroatoms. The largest absolute Gasteiger partial charge is 0.215 e. The van der Waals surface area contributed by atoms with Crippen molar-refractivity contribution >= 4 is 5.57 Å². The fourth-order valence-electron chi connectivity index (χ4n) is 1.15. The van der Waals surface area contributed by atoms with E-state index in [4.69, 9.17) is 0 Å². The fourth-order valence-corrected chi connectivity index (χ4v) is 1.15. The number of hydrogen-bond acceptors (Lipinski definition) is 0. The highest BCUT2D eigenvalue weighted by Gasteiger charge is 1.98. The molecule has 0 bridgehead atoms. The van der Waals surface area contributed by atoms with Gasteiger partial charge in [0.1, 0.15) is 0 Å². The van der Waals surface area contributed by atoms with Crippen LogP contribution >= 0.6 is 0 Å². The molecule has 1 aromatic rings. The molecule has 1 aromatic carbocycles. The third-order valence-corrected chi connectivity index (χ3v) is 1.92. The summed E-state index contributed by atoms with van der Waals surface area (Å²) in [5.41, 5.74) is 2.78. The van der Waals surface area contributed by atoms with Crippen LogP contribution in [0.1, 0.15) is 17.5 Å². The molecule has 0 aliphatic carbocycles. The average Bonchev–Trinajstić information content (AvgIpc) is 2.16. The third-order valence-electron chi connectivity index (χ3n) is 1.92. The molecule has 0 heterocycles. The second-order valence-electron chi connectivity index (χ2n) is 2.99. The molecule has 0 radical (unpaired) electrons. The zero-order chi connectivity index (χ0) is 9.68. The molecule has 1 rings (SSSR count). The summed E-state index contributed by atoms with van der Waals surface area (Å²) < 4.78 is 12.4. The molecule has 68 valence electrons. The molecule has 0 N–H and O–H groups in total. The van der Waals surface area contributed by atoms with Crippen LogP contribution in [0.4, 0.5) is 4.39 Å². The number of hydrogen-bond donors (Lipinski definition) is 0. The van der Waals surface area contributed by atoms with E-state index < -0.39 is 0 Å². The molecule has 0 amide bonds. The van der Waals surface area contributed by atoms with E-state index in [1.165, 1.54) is 5.56 Å². The second kappa shape index (κ2) is 4.61. The Bertz CT molecular complexity index is 306. The summed E-state index contributed by atoms with van der Waals surface area (Å²) in [5.74, 6) is 0. The maximum Gasteiger partial charge on any atom is 0.0908 e. The van der Waals surface area contributed by atoms with Crippen molar-refractivity contribution in [3.8, 4) is 0 Å². The van der Waals surface area contributed by atoms with E-state index in [-0.39, 0.29) is 0 Å². The van der Waals surface area contributed by atoms with Gasteiger partial charge < -0.3 is 0 Å². The van der Waals surface area contributed by atoms with Crippen LogP contribution in [0.25, 0.3) is 5.57 Å². The normalized spacial score (nSPS) is 11.4. The number of rotatable bonds is 3. The zero-order valence-electron chi connectivity index (χ0n) is 7.76. The van der Waals surface area contributed by atoms with Crippen LogP contribution in [-0.2, 0) is 0 Å². The van der Waals surface area contributed by atoms with Crippen molar-refractivity contribution in [2.24, 2.45) is 0 Å². The van der Waals surface area contributed by atoms with Gasteiger partial charge in [-0.25, -0.2) is 4.39 Å². The summed E-state index contributed by atoms with van der Waals surface area (Å²) in [6.45, 7) is 5.59. The van der Waals surface area contributed by atoms with E-state index in [2.05, 4.69) is 6.58 Å².